The summed E-state index contributed by atoms with van der Waals surface area (Å²) in [5.74, 6) is 0. The highest BCUT2D eigenvalue weighted by Gasteiger charge is 2.15. The summed E-state index contributed by atoms with van der Waals surface area (Å²) in [7, 11) is 0. The van der Waals surface area contributed by atoms with E-state index in [4.69, 9.17) is 0 Å². The second kappa shape index (κ2) is 12.0. The van der Waals surface area contributed by atoms with E-state index < -0.39 is 0 Å². The molecule has 0 aliphatic rings. The first kappa shape index (κ1) is 28.3. The molecular formula is C46H31NS. The van der Waals surface area contributed by atoms with Crippen LogP contribution >= 0.6 is 11.3 Å². The van der Waals surface area contributed by atoms with Crippen LogP contribution in [-0.4, -0.2) is 0 Å². The predicted octanol–water partition coefficient (Wildman–Crippen LogP) is 13.7. The largest absolute Gasteiger partial charge is 0.310 e. The van der Waals surface area contributed by atoms with Crippen LogP contribution in [0, 0.1) is 0 Å². The van der Waals surface area contributed by atoms with Crippen molar-refractivity contribution in [2.45, 2.75) is 0 Å². The fourth-order valence-electron chi connectivity index (χ4n) is 6.86. The SMILES string of the molecule is c1ccc(-c2ccc3sc4ccc(-c5cccc(-c6ccc(N(c7ccccc7)c7cccc8ccccc78)cc6)c5)cc4c3c2)cc1. The van der Waals surface area contributed by atoms with Crippen molar-refractivity contribution < 1.29 is 0 Å². The normalized spacial score (nSPS) is 11.3. The van der Waals surface area contributed by atoms with Crippen LogP contribution in [-0.2, 0) is 0 Å². The molecule has 9 aromatic rings. The molecule has 9 rings (SSSR count). The molecule has 48 heavy (non-hydrogen) atoms. The first-order valence-electron chi connectivity index (χ1n) is 16.3. The van der Waals surface area contributed by atoms with E-state index in [2.05, 4.69) is 193 Å². The first-order chi connectivity index (χ1) is 23.8. The van der Waals surface area contributed by atoms with Gasteiger partial charge in [0.1, 0.15) is 0 Å². The zero-order valence-electron chi connectivity index (χ0n) is 26.3. The molecule has 0 saturated heterocycles. The second-order valence-electron chi connectivity index (χ2n) is 12.2. The van der Waals surface area contributed by atoms with Crippen LogP contribution in [0.1, 0.15) is 0 Å². The molecule has 0 unspecified atom stereocenters. The Kier molecular flexibility index (Phi) is 7.07. The summed E-state index contributed by atoms with van der Waals surface area (Å²) in [6, 6.07) is 68.1. The topological polar surface area (TPSA) is 3.24 Å². The predicted molar refractivity (Wildman–Crippen MR) is 208 cm³/mol. The number of rotatable bonds is 6. The monoisotopic (exact) mass is 629 g/mol. The number of anilines is 3. The van der Waals surface area contributed by atoms with Gasteiger partial charge in [-0.3, -0.25) is 0 Å². The number of hydrogen-bond acceptors (Lipinski definition) is 2. The Bertz CT molecular complexity index is 2540. The Morgan fingerprint density at radius 1 is 0.312 bits per heavy atom. The maximum absolute atomic E-state index is 2.37. The van der Waals surface area contributed by atoms with E-state index in [1.165, 1.54) is 70.0 Å². The van der Waals surface area contributed by atoms with Gasteiger partial charge in [0, 0.05) is 36.9 Å². The van der Waals surface area contributed by atoms with E-state index in [0.29, 0.717) is 0 Å². The third-order valence-electron chi connectivity index (χ3n) is 9.25. The number of hydrogen-bond donors (Lipinski definition) is 0. The van der Waals surface area contributed by atoms with Crippen LogP contribution in [0.3, 0.4) is 0 Å². The lowest BCUT2D eigenvalue weighted by molar-refractivity contribution is 1.30. The van der Waals surface area contributed by atoms with Crippen molar-refractivity contribution in [1.29, 1.82) is 0 Å². The van der Waals surface area contributed by atoms with Crippen LogP contribution in [0.15, 0.2) is 188 Å². The highest BCUT2D eigenvalue weighted by molar-refractivity contribution is 7.25. The van der Waals surface area contributed by atoms with Crippen molar-refractivity contribution >= 4 is 59.3 Å². The maximum Gasteiger partial charge on any atom is 0.0540 e. The third kappa shape index (κ3) is 5.13. The Morgan fingerprint density at radius 2 is 0.792 bits per heavy atom. The lowest BCUT2D eigenvalue weighted by atomic mass is 9.97. The number of benzene rings is 8. The molecule has 226 valence electrons. The summed E-state index contributed by atoms with van der Waals surface area (Å²) >= 11 is 1.87. The molecule has 0 saturated carbocycles. The summed E-state index contributed by atoms with van der Waals surface area (Å²) < 4.78 is 2.64. The van der Waals surface area contributed by atoms with Gasteiger partial charge in [0.05, 0.1) is 5.69 Å². The minimum absolute atomic E-state index is 1.13. The molecule has 0 fully saturated rings. The van der Waals surface area contributed by atoms with Gasteiger partial charge in [-0.1, -0.05) is 127 Å². The van der Waals surface area contributed by atoms with Gasteiger partial charge in [-0.25, -0.2) is 0 Å². The smallest absolute Gasteiger partial charge is 0.0540 e. The third-order valence-corrected chi connectivity index (χ3v) is 10.4. The number of nitrogens with zero attached hydrogens (tertiary/aromatic N) is 1. The molecule has 0 N–H and O–H groups in total. The molecule has 0 spiro atoms. The van der Waals surface area contributed by atoms with E-state index in [0.717, 1.165) is 11.4 Å². The molecule has 1 nitrogen and oxygen atoms in total. The highest BCUT2D eigenvalue weighted by Crippen LogP contribution is 2.41. The van der Waals surface area contributed by atoms with Crippen LogP contribution in [0.4, 0.5) is 17.1 Å². The summed E-state index contributed by atoms with van der Waals surface area (Å²) in [4.78, 5) is 2.35. The minimum atomic E-state index is 1.13. The molecule has 0 bridgehead atoms. The van der Waals surface area contributed by atoms with Gasteiger partial charge in [-0.15, -0.1) is 11.3 Å². The quantitative estimate of drug-likeness (QED) is 0.177. The molecule has 0 aliphatic carbocycles. The first-order valence-corrected chi connectivity index (χ1v) is 17.2. The lowest BCUT2D eigenvalue weighted by Gasteiger charge is -2.27. The Balaban J connectivity index is 1.08. The highest BCUT2D eigenvalue weighted by atomic mass is 32.1. The molecular weight excluding hydrogens is 599 g/mol. The average molecular weight is 630 g/mol. The summed E-state index contributed by atoms with van der Waals surface area (Å²) in [6.45, 7) is 0. The van der Waals surface area contributed by atoms with Gasteiger partial charge in [0.15, 0.2) is 0 Å². The van der Waals surface area contributed by atoms with Gasteiger partial charge in [0.2, 0.25) is 0 Å². The van der Waals surface area contributed by atoms with Crippen LogP contribution in [0.25, 0.3) is 64.3 Å². The summed E-state index contributed by atoms with van der Waals surface area (Å²) in [5, 5.41) is 5.09. The average Bonchev–Trinajstić information content (AvgIpc) is 3.53. The van der Waals surface area contributed by atoms with E-state index in [-0.39, 0.29) is 0 Å². The molecule has 0 radical (unpaired) electrons. The van der Waals surface area contributed by atoms with Gasteiger partial charge in [-0.2, -0.15) is 0 Å². The number of para-hydroxylation sites is 1. The molecule has 1 aromatic heterocycles. The van der Waals surface area contributed by atoms with Gasteiger partial charge < -0.3 is 4.90 Å². The Labute approximate surface area is 284 Å². The maximum atomic E-state index is 2.37. The van der Waals surface area contributed by atoms with E-state index >= 15 is 0 Å². The van der Waals surface area contributed by atoms with E-state index in [1.54, 1.807) is 0 Å². The zero-order valence-corrected chi connectivity index (χ0v) is 27.1. The van der Waals surface area contributed by atoms with Crippen molar-refractivity contribution in [3.05, 3.63) is 188 Å². The molecule has 0 aliphatic heterocycles. The van der Waals surface area contributed by atoms with Crippen LogP contribution < -0.4 is 4.90 Å². The molecule has 8 aromatic carbocycles. The molecule has 2 heteroatoms. The van der Waals surface area contributed by atoms with Gasteiger partial charge in [0.25, 0.3) is 0 Å². The second-order valence-corrected chi connectivity index (χ2v) is 13.3. The fourth-order valence-corrected chi connectivity index (χ4v) is 7.92. The number of thiophene rings is 1. The summed E-state index contributed by atoms with van der Waals surface area (Å²) in [5.41, 5.74) is 10.8. The van der Waals surface area contributed by atoms with Crippen molar-refractivity contribution in [1.82, 2.24) is 0 Å². The number of fused-ring (bicyclic) bond motifs is 4. The van der Waals surface area contributed by atoms with Crippen molar-refractivity contribution in [2.24, 2.45) is 0 Å². The molecule has 0 atom stereocenters. The lowest BCUT2D eigenvalue weighted by Crippen LogP contribution is -2.10. The van der Waals surface area contributed by atoms with Gasteiger partial charge in [-0.05, 0) is 99.4 Å². The van der Waals surface area contributed by atoms with Crippen molar-refractivity contribution in [2.75, 3.05) is 4.90 Å². The summed E-state index contributed by atoms with van der Waals surface area (Å²) in [6.07, 6.45) is 0. The van der Waals surface area contributed by atoms with E-state index in [9.17, 15) is 0 Å². The Hall–Kier alpha value is -5.96. The minimum Gasteiger partial charge on any atom is -0.310 e. The van der Waals surface area contributed by atoms with Crippen LogP contribution in [0.2, 0.25) is 0 Å². The van der Waals surface area contributed by atoms with E-state index in [1.807, 2.05) is 11.3 Å². The van der Waals surface area contributed by atoms with Gasteiger partial charge >= 0.3 is 0 Å². The van der Waals surface area contributed by atoms with Crippen molar-refractivity contribution in [3.63, 3.8) is 0 Å². The Morgan fingerprint density at radius 3 is 1.52 bits per heavy atom. The molecule has 1 heterocycles. The standard InChI is InChI=1S/C46H31NS/c1-3-11-32(12-4-1)37-23-27-45-42(30-37)43-31-38(24-28-46(43)48-45)36-16-9-15-35(29-36)33-21-25-40(26-22-33)47(39-17-5-2-6-18-39)44-20-10-14-34-13-7-8-19-41(34)44/h1-31H. The van der Waals surface area contributed by atoms with Crippen LogP contribution in [0.5, 0.6) is 0 Å². The molecule has 0 amide bonds. The van der Waals surface area contributed by atoms with Crippen molar-refractivity contribution in [3.8, 4) is 33.4 Å². The zero-order chi connectivity index (χ0) is 31.9. The fraction of sp³-hybridized carbons (Fsp3) is 0.